The second-order valence-corrected chi connectivity index (χ2v) is 9.12. The molecule has 7 heteroatoms. The van der Waals surface area contributed by atoms with Gasteiger partial charge in [0.1, 0.15) is 12.6 Å². The quantitative estimate of drug-likeness (QED) is 0.705. The molecule has 1 aliphatic heterocycles. The highest BCUT2D eigenvalue weighted by Gasteiger charge is 2.50. The Kier molecular flexibility index (Phi) is 7.71. The van der Waals surface area contributed by atoms with Crippen molar-refractivity contribution in [2.24, 2.45) is 11.3 Å². The third kappa shape index (κ3) is 5.30. The maximum Gasteiger partial charge on any atom is 0.246 e. The van der Waals surface area contributed by atoms with Crippen LogP contribution in [0.3, 0.4) is 0 Å². The maximum atomic E-state index is 13.2. The molecule has 0 spiro atoms. The first-order valence-corrected chi connectivity index (χ1v) is 10.5. The molecule has 0 bridgehead atoms. The first-order valence-electron chi connectivity index (χ1n) is 10.2. The molecule has 2 rings (SSSR count). The summed E-state index contributed by atoms with van der Waals surface area (Å²) in [5.74, 6) is -0.489. The lowest BCUT2D eigenvalue weighted by atomic mass is 9.66. The van der Waals surface area contributed by atoms with Gasteiger partial charge in [-0.1, -0.05) is 51.4 Å². The molecular formula is C22H33ClN2O4. The number of nitrogens with zero attached hydrogens (tertiary/aromatic N) is 1. The van der Waals surface area contributed by atoms with Crippen LogP contribution >= 0.6 is 11.6 Å². The molecule has 29 heavy (non-hydrogen) atoms. The van der Waals surface area contributed by atoms with Crippen molar-refractivity contribution in [1.29, 1.82) is 0 Å². The van der Waals surface area contributed by atoms with Crippen molar-refractivity contribution in [3.8, 4) is 0 Å². The topological polar surface area (TPSA) is 78.9 Å². The van der Waals surface area contributed by atoms with Gasteiger partial charge in [-0.25, -0.2) is 0 Å². The number of hydrogen-bond acceptors (Lipinski definition) is 4. The molecule has 2 amide bonds. The van der Waals surface area contributed by atoms with Crippen LogP contribution in [-0.2, 0) is 19.9 Å². The molecular weight excluding hydrogens is 392 g/mol. The summed E-state index contributed by atoms with van der Waals surface area (Å²) in [5, 5.41) is 14.9. The summed E-state index contributed by atoms with van der Waals surface area (Å²) in [6.45, 7) is 10.7. The minimum absolute atomic E-state index is 0.0607. The Hall–Kier alpha value is -1.63. The van der Waals surface area contributed by atoms with E-state index in [-0.39, 0.29) is 24.3 Å². The molecule has 0 aromatic heterocycles. The molecule has 2 unspecified atom stereocenters. The number of nitrogens with one attached hydrogen (secondary N) is 1. The number of hydrogen-bond donors (Lipinski definition) is 2. The molecule has 162 valence electrons. The van der Waals surface area contributed by atoms with Gasteiger partial charge >= 0.3 is 0 Å². The second-order valence-electron chi connectivity index (χ2n) is 8.69. The number of ether oxygens (including phenoxy) is 1. The van der Waals surface area contributed by atoms with Crippen LogP contribution in [0.5, 0.6) is 0 Å². The molecule has 1 aliphatic rings. The average molecular weight is 425 g/mol. The Bertz CT molecular complexity index is 720. The third-order valence-electron chi connectivity index (χ3n) is 5.77. The molecule has 0 saturated carbocycles. The SMILES string of the molecule is CCOCC(=O)NC(C(=O)N1CCC(O)(c2ccc(Cl)cc2)C(C)(C)C1)C(C)C. The van der Waals surface area contributed by atoms with E-state index in [0.29, 0.717) is 31.1 Å². The van der Waals surface area contributed by atoms with Crippen LogP contribution in [0.1, 0.15) is 46.6 Å². The minimum Gasteiger partial charge on any atom is -0.384 e. The van der Waals surface area contributed by atoms with Crippen molar-refractivity contribution >= 4 is 23.4 Å². The van der Waals surface area contributed by atoms with Crippen molar-refractivity contribution in [2.75, 3.05) is 26.3 Å². The fraction of sp³-hybridized carbons (Fsp3) is 0.636. The van der Waals surface area contributed by atoms with Gasteiger partial charge in [-0.15, -0.1) is 0 Å². The van der Waals surface area contributed by atoms with Gasteiger partial charge < -0.3 is 20.1 Å². The van der Waals surface area contributed by atoms with E-state index < -0.39 is 17.1 Å². The fourth-order valence-corrected chi connectivity index (χ4v) is 4.02. The van der Waals surface area contributed by atoms with Gasteiger partial charge in [0.05, 0.1) is 5.60 Å². The van der Waals surface area contributed by atoms with Crippen molar-refractivity contribution in [1.82, 2.24) is 10.2 Å². The van der Waals surface area contributed by atoms with E-state index in [4.69, 9.17) is 16.3 Å². The summed E-state index contributed by atoms with van der Waals surface area (Å²) in [5.41, 5.74) is -0.852. The highest BCUT2D eigenvalue weighted by molar-refractivity contribution is 6.30. The molecule has 1 fully saturated rings. The normalized spacial score (nSPS) is 22.4. The Labute approximate surface area is 178 Å². The van der Waals surface area contributed by atoms with Gasteiger partial charge in [-0.3, -0.25) is 9.59 Å². The van der Waals surface area contributed by atoms with E-state index >= 15 is 0 Å². The summed E-state index contributed by atoms with van der Waals surface area (Å²) < 4.78 is 5.14. The number of benzene rings is 1. The van der Waals surface area contributed by atoms with Crippen LogP contribution < -0.4 is 5.32 Å². The number of amides is 2. The van der Waals surface area contributed by atoms with Crippen molar-refractivity contribution in [3.05, 3.63) is 34.9 Å². The van der Waals surface area contributed by atoms with Crippen LogP contribution in [0.2, 0.25) is 5.02 Å². The van der Waals surface area contributed by atoms with Gasteiger partial charge in [0, 0.05) is 30.1 Å². The van der Waals surface area contributed by atoms with Crippen LogP contribution in [0.15, 0.2) is 24.3 Å². The number of likely N-dealkylation sites (tertiary alicyclic amines) is 1. The molecule has 1 aromatic carbocycles. The summed E-state index contributed by atoms with van der Waals surface area (Å²) in [4.78, 5) is 27.0. The fourth-order valence-electron chi connectivity index (χ4n) is 3.89. The average Bonchev–Trinajstić information content (AvgIpc) is 2.66. The molecule has 1 heterocycles. The number of aliphatic hydroxyl groups is 1. The molecule has 2 atom stereocenters. The van der Waals surface area contributed by atoms with Gasteiger partial charge in [0.2, 0.25) is 11.8 Å². The molecule has 2 N–H and O–H groups in total. The molecule has 1 aromatic rings. The summed E-state index contributed by atoms with van der Waals surface area (Å²) in [6, 6.07) is 6.59. The molecule has 6 nitrogen and oxygen atoms in total. The maximum absolute atomic E-state index is 13.2. The first-order chi connectivity index (χ1) is 13.5. The first kappa shape index (κ1) is 23.6. The van der Waals surface area contributed by atoms with Crippen LogP contribution in [0, 0.1) is 11.3 Å². The number of rotatable bonds is 7. The molecule has 0 radical (unpaired) electrons. The van der Waals surface area contributed by atoms with Crippen molar-refractivity contribution in [3.63, 3.8) is 0 Å². The van der Waals surface area contributed by atoms with Gasteiger partial charge in [-0.2, -0.15) is 0 Å². The lowest BCUT2D eigenvalue weighted by molar-refractivity contribution is -0.157. The predicted molar refractivity (Wildman–Crippen MR) is 114 cm³/mol. The van der Waals surface area contributed by atoms with Crippen LogP contribution in [0.25, 0.3) is 0 Å². The monoisotopic (exact) mass is 424 g/mol. The second kappa shape index (κ2) is 9.45. The standard InChI is InChI=1S/C22H33ClN2O4/c1-6-29-13-18(26)24-19(15(2)3)20(27)25-12-11-22(28,21(4,5)14-25)16-7-9-17(23)10-8-16/h7-10,15,19,28H,6,11-14H2,1-5H3,(H,24,26). The number of piperidine rings is 1. The summed E-state index contributed by atoms with van der Waals surface area (Å²) in [6.07, 6.45) is 0.408. The lowest BCUT2D eigenvalue weighted by Crippen LogP contribution is -2.60. The Morgan fingerprint density at radius 1 is 1.28 bits per heavy atom. The third-order valence-corrected chi connectivity index (χ3v) is 6.02. The van der Waals surface area contributed by atoms with Crippen molar-refractivity contribution in [2.45, 2.75) is 52.7 Å². The van der Waals surface area contributed by atoms with E-state index in [1.54, 1.807) is 17.0 Å². The van der Waals surface area contributed by atoms with Gasteiger partial charge in [0.25, 0.3) is 0 Å². The van der Waals surface area contributed by atoms with E-state index in [9.17, 15) is 14.7 Å². The van der Waals surface area contributed by atoms with Gasteiger partial charge in [0.15, 0.2) is 0 Å². The zero-order chi connectivity index (χ0) is 21.8. The Balaban J connectivity index is 2.15. The zero-order valence-electron chi connectivity index (χ0n) is 18.0. The smallest absolute Gasteiger partial charge is 0.246 e. The highest BCUT2D eigenvalue weighted by atomic mass is 35.5. The Morgan fingerprint density at radius 3 is 2.41 bits per heavy atom. The molecule has 0 aliphatic carbocycles. The summed E-state index contributed by atoms with van der Waals surface area (Å²) >= 11 is 5.99. The number of halogens is 1. The van der Waals surface area contributed by atoms with E-state index in [1.165, 1.54) is 0 Å². The summed E-state index contributed by atoms with van der Waals surface area (Å²) in [7, 11) is 0. The molecule has 1 saturated heterocycles. The van der Waals surface area contributed by atoms with E-state index in [2.05, 4.69) is 5.32 Å². The number of carbonyl (C=O) groups is 2. The van der Waals surface area contributed by atoms with E-state index in [1.807, 2.05) is 46.8 Å². The largest absolute Gasteiger partial charge is 0.384 e. The number of carbonyl (C=O) groups excluding carboxylic acids is 2. The zero-order valence-corrected chi connectivity index (χ0v) is 18.8. The minimum atomic E-state index is -1.07. The van der Waals surface area contributed by atoms with Gasteiger partial charge in [-0.05, 0) is 37.0 Å². The van der Waals surface area contributed by atoms with Crippen molar-refractivity contribution < 1.29 is 19.4 Å². The highest BCUT2D eigenvalue weighted by Crippen LogP contribution is 2.46. The Morgan fingerprint density at radius 2 is 1.90 bits per heavy atom. The van der Waals surface area contributed by atoms with Crippen LogP contribution in [0.4, 0.5) is 0 Å². The lowest BCUT2D eigenvalue weighted by Gasteiger charge is -2.51. The van der Waals surface area contributed by atoms with E-state index in [0.717, 1.165) is 5.56 Å². The van der Waals surface area contributed by atoms with Crippen LogP contribution in [-0.4, -0.2) is 54.2 Å². The predicted octanol–water partition coefficient (Wildman–Crippen LogP) is 2.96.